The van der Waals surface area contributed by atoms with Crippen LogP contribution in [0.1, 0.15) is 15.9 Å². The lowest BCUT2D eigenvalue weighted by molar-refractivity contribution is 0.0889. The van der Waals surface area contributed by atoms with Gasteiger partial charge in [-0.25, -0.2) is 4.39 Å². The zero-order chi connectivity index (χ0) is 20.8. The van der Waals surface area contributed by atoms with Gasteiger partial charge in [0, 0.05) is 11.5 Å². The standard InChI is InChI=1S/C23H20FN3O3/c24-20-9-5-4-8-18(20)23(28)25-22-19-11-10-17(14-21(19)26-27-22)30-13-12-29-15-16-6-2-1-3-7-16/h1-11,14H,12-13,15H2,(H2,25,26,27,28). The van der Waals surface area contributed by atoms with E-state index in [1.54, 1.807) is 24.3 Å². The summed E-state index contributed by atoms with van der Waals surface area (Å²) >= 11 is 0. The van der Waals surface area contributed by atoms with E-state index in [-0.39, 0.29) is 5.56 Å². The number of fused-ring (bicyclic) bond motifs is 1. The minimum absolute atomic E-state index is 0.0379. The zero-order valence-electron chi connectivity index (χ0n) is 16.1. The van der Waals surface area contributed by atoms with Gasteiger partial charge in [-0.2, -0.15) is 5.10 Å². The monoisotopic (exact) mass is 405 g/mol. The lowest BCUT2D eigenvalue weighted by atomic mass is 10.2. The highest BCUT2D eigenvalue weighted by atomic mass is 19.1. The van der Waals surface area contributed by atoms with Crippen LogP contribution in [-0.4, -0.2) is 29.3 Å². The van der Waals surface area contributed by atoms with Crippen molar-refractivity contribution in [2.75, 3.05) is 18.5 Å². The number of nitrogens with zero attached hydrogens (tertiary/aromatic N) is 1. The molecule has 0 atom stereocenters. The molecule has 0 radical (unpaired) electrons. The molecule has 7 heteroatoms. The molecule has 4 aromatic rings. The van der Waals surface area contributed by atoms with Crippen LogP contribution < -0.4 is 10.1 Å². The van der Waals surface area contributed by atoms with E-state index in [0.29, 0.717) is 42.3 Å². The molecule has 0 unspecified atom stereocenters. The fourth-order valence-electron chi connectivity index (χ4n) is 2.99. The van der Waals surface area contributed by atoms with E-state index < -0.39 is 11.7 Å². The Morgan fingerprint density at radius 1 is 1.00 bits per heavy atom. The number of halogens is 1. The lowest BCUT2D eigenvalue weighted by Gasteiger charge is -2.08. The Morgan fingerprint density at radius 2 is 1.80 bits per heavy atom. The summed E-state index contributed by atoms with van der Waals surface area (Å²) in [4.78, 5) is 12.3. The number of hydrogen-bond acceptors (Lipinski definition) is 4. The molecule has 1 amide bonds. The highest BCUT2D eigenvalue weighted by Gasteiger charge is 2.14. The van der Waals surface area contributed by atoms with E-state index in [4.69, 9.17) is 9.47 Å². The molecule has 0 aliphatic rings. The number of aromatic nitrogens is 2. The van der Waals surface area contributed by atoms with Crippen LogP contribution in [0.2, 0.25) is 0 Å². The molecule has 1 aromatic heterocycles. The molecule has 30 heavy (non-hydrogen) atoms. The highest BCUT2D eigenvalue weighted by molar-refractivity contribution is 6.08. The summed E-state index contributed by atoms with van der Waals surface area (Å²) in [5.74, 6) is -0.158. The molecule has 3 aromatic carbocycles. The predicted molar refractivity (Wildman–Crippen MR) is 112 cm³/mol. The number of carbonyl (C=O) groups excluding carboxylic acids is 1. The van der Waals surface area contributed by atoms with Crippen LogP contribution in [0.4, 0.5) is 10.2 Å². The molecule has 0 spiro atoms. The number of amides is 1. The molecule has 2 N–H and O–H groups in total. The first-order valence-electron chi connectivity index (χ1n) is 9.49. The van der Waals surface area contributed by atoms with Gasteiger partial charge in [0.15, 0.2) is 5.82 Å². The summed E-state index contributed by atoms with van der Waals surface area (Å²) in [6.07, 6.45) is 0. The summed E-state index contributed by atoms with van der Waals surface area (Å²) in [6.45, 7) is 1.40. The second-order valence-corrected chi connectivity index (χ2v) is 6.60. The van der Waals surface area contributed by atoms with Gasteiger partial charge in [-0.3, -0.25) is 9.89 Å². The van der Waals surface area contributed by atoms with Crippen LogP contribution in [0.3, 0.4) is 0 Å². The third kappa shape index (κ3) is 4.64. The Bertz CT molecular complexity index is 1140. The fraction of sp³-hybridized carbons (Fsp3) is 0.130. The molecule has 0 aliphatic heterocycles. The predicted octanol–water partition coefficient (Wildman–Crippen LogP) is 4.55. The SMILES string of the molecule is O=C(Nc1n[nH]c2cc(OCCOCc3ccccc3)ccc12)c1ccccc1F. The van der Waals surface area contributed by atoms with Crippen LogP contribution in [0, 0.1) is 5.82 Å². The van der Waals surface area contributed by atoms with E-state index in [2.05, 4.69) is 15.5 Å². The molecular formula is C23H20FN3O3. The molecule has 152 valence electrons. The van der Waals surface area contributed by atoms with Crippen molar-refractivity contribution >= 4 is 22.6 Å². The Kier molecular flexibility index (Phi) is 6.01. The first kappa shape index (κ1) is 19.6. The van der Waals surface area contributed by atoms with Crippen LogP contribution in [0.5, 0.6) is 5.75 Å². The maximum atomic E-state index is 13.8. The summed E-state index contributed by atoms with van der Waals surface area (Å²) in [6, 6.07) is 21.1. The topological polar surface area (TPSA) is 76.2 Å². The van der Waals surface area contributed by atoms with Crippen molar-refractivity contribution in [2.24, 2.45) is 0 Å². The smallest absolute Gasteiger partial charge is 0.259 e. The molecule has 6 nitrogen and oxygen atoms in total. The van der Waals surface area contributed by atoms with Crippen molar-refractivity contribution in [3.8, 4) is 5.75 Å². The normalized spacial score (nSPS) is 10.8. The van der Waals surface area contributed by atoms with E-state index in [1.807, 2.05) is 30.3 Å². The number of benzene rings is 3. The fourth-order valence-corrected chi connectivity index (χ4v) is 2.99. The van der Waals surface area contributed by atoms with Gasteiger partial charge in [0.1, 0.15) is 18.2 Å². The number of rotatable bonds is 8. The van der Waals surface area contributed by atoms with Crippen molar-refractivity contribution in [1.29, 1.82) is 0 Å². The lowest BCUT2D eigenvalue weighted by Crippen LogP contribution is -2.14. The van der Waals surface area contributed by atoms with Gasteiger partial charge in [0.2, 0.25) is 0 Å². The molecule has 0 fully saturated rings. The molecule has 0 saturated carbocycles. The Balaban J connectivity index is 1.33. The van der Waals surface area contributed by atoms with Crippen LogP contribution in [-0.2, 0) is 11.3 Å². The number of hydrogen-bond donors (Lipinski definition) is 2. The van der Waals surface area contributed by atoms with Gasteiger partial charge in [-0.1, -0.05) is 42.5 Å². The van der Waals surface area contributed by atoms with Gasteiger partial charge in [-0.15, -0.1) is 0 Å². The molecule has 1 heterocycles. The quantitative estimate of drug-likeness (QED) is 0.422. The number of ether oxygens (including phenoxy) is 2. The third-order valence-corrected chi connectivity index (χ3v) is 4.49. The van der Waals surface area contributed by atoms with Gasteiger partial charge in [0.25, 0.3) is 5.91 Å². The first-order chi connectivity index (χ1) is 14.7. The largest absolute Gasteiger partial charge is 0.491 e. The number of aromatic amines is 1. The van der Waals surface area contributed by atoms with E-state index in [9.17, 15) is 9.18 Å². The Morgan fingerprint density at radius 3 is 2.63 bits per heavy atom. The average molecular weight is 405 g/mol. The molecule has 0 saturated heterocycles. The number of carbonyl (C=O) groups is 1. The Hall–Kier alpha value is -3.71. The summed E-state index contributed by atoms with van der Waals surface area (Å²) < 4.78 is 25.1. The molecular weight excluding hydrogens is 385 g/mol. The van der Waals surface area contributed by atoms with Crippen molar-refractivity contribution in [3.63, 3.8) is 0 Å². The van der Waals surface area contributed by atoms with Crippen molar-refractivity contribution in [1.82, 2.24) is 10.2 Å². The molecule has 4 rings (SSSR count). The minimum Gasteiger partial charge on any atom is -0.491 e. The van der Waals surface area contributed by atoms with Gasteiger partial charge in [0.05, 0.1) is 24.3 Å². The molecule has 0 bridgehead atoms. The summed E-state index contributed by atoms with van der Waals surface area (Å²) in [5.41, 5.74) is 1.77. The second kappa shape index (κ2) is 9.19. The van der Waals surface area contributed by atoms with Crippen LogP contribution in [0.25, 0.3) is 10.9 Å². The van der Waals surface area contributed by atoms with E-state index >= 15 is 0 Å². The van der Waals surface area contributed by atoms with Crippen molar-refractivity contribution in [3.05, 3.63) is 89.7 Å². The van der Waals surface area contributed by atoms with Gasteiger partial charge < -0.3 is 14.8 Å². The summed E-state index contributed by atoms with van der Waals surface area (Å²) in [7, 11) is 0. The van der Waals surface area contributed by atoms with Crippen molar-refractivity contribution < 1.29 is 18.7 Å². The minimum atomic E-state index is -0.583. The average Bonchev–Trinajstić information content (AvgIpc) is 3.16. The zero-order valence-corrected chi connectivity index (χ0v) is 16.1. The second-order valence-electron chi connectivity index (χ2n) is 6.60. The van der Waals surface area contributed by atoms with Gasteiger partial charge in [-0.05, 0) is 29.8 Å². The van der Waals surface area contributed by atoms with Crippen LogP contribution in [0.15, 0.2) is 72.8 Å². The van der Waals surface area contributed by atoms with E-state index in [1.165, 1.54) is 18.2 Å². The molecule has 0 aliphatic carbocycles. The maximum absolute atomic E-state index is 13.8. The highest BCUT2D eigenvalue weighted by Crippen LogP contribution is 2.25. The number of H-pyrrole nitrogens is 1. The summed E-state index contributed by atoms with van der Waals surface area (Å²) in [5, 5.41) is 10.3. The van der Waals surface area contributed by atoms with Crippen molar-refractivity contribution in [2.45, 2.75) is 6.61 Å². The number of anilines is 1. The third-order valence-electron chi connectivity index (χ3n) is 4.49. The van der Waals surface area contributed by atoms with Crippen LogP contribution >= 0.6 is 0 Å². The van der Waals surface area contributed by atoms with Gasteiger partial charge >= 0.3 is 0 Å². The Labute approximate surface area is 172 Å². The first-order valence-corrected chi connectivity index (χ1v) is 9.49. The van der Waals surface area contributed by atoms with E-state index in [0.717, 1.165) is 5.56 Å². The number of nitrogens with one attached hydrogen (secondary N) is 2. The maximum Gasteiger partial charge on any atom is 0.259 e.